The standard InChI is InChI=1S/C79H136O5/c1-3-5-7-9-11-13-15-17-19-21-23-25-27-29-31-33-34-35-36-37-38-39-40-41-42-43-44-46-48-50-52-54-56-58-60-62-64-66-68-70-72-74-79(82)84-77(75-80)76-83-78(81)73-71-69-67-65-63-61-59-57-55-53-51-49-47-45-32-30-28-26-24-22-20-18-16-14-12-10-8-6-4-2/h5,7,11,13,16-19,22-25,29,31,34-35,37-38,40-41,77,80H,3-4,6,8-10,12,14-15,20-21,26-28,30,32-33,36,39,42-76H2,1-2H3/b7-5-,13-11-,18-16-,19-17-,24-22-,25-23-,31-29-,35-34-,38-37-,41-40-. The smallest absolute Gasteiger partial charge is 0.306 e. The molecular formula is C79H136O5. The Kier molecular flexibility index (Phi) is 70.3. The second-order valence-corrected chi connectivity index (χ2v) is 23.9. The number of ether oxygens (including phenoxy) is 2. The fourth-order valence-electron chi connectivity index (χ4n) is 10.4. The molecule has 0 aromatic carbocycles. The van der Waals surface area contributed by atoms with Crippen molar-refractivity contribution in [2.45, 2.75) is 354 Å². The lowest BCUT2D eigenvalue weighted by Crippen LogP contribution is -2.28. The molecule has 0 fully saturated rings. The topological polar surface area (TPSA) is 72.8 Å². The van der Waals surface area contributed by atoms with Gasteiger partial charge in [0, 0.05) is 12.8 Å². The fraction of sp³-hybridized carbons (Fsp3) is 0.722. The molecule has 0 radical (unpaired) electrons. The molecule has 0 aliphatic rings. The quantitative estimate of drug-likeness (QED) is 0.0373. The largest absolute Gasteiger partial charge is 0.462 e. The number of hydrogen-bond acceptors (Lipinski definition) is 5. The first-order chi connectivity index (χ1) is 41.6. The maximum absolute atomic E-state index is 12.4. The third kappa shape index (κ3) is 70.8. The van der Waals surface area contributed by atoms with Crippen molar-refractivity contribution in [1.82, 2.24) is 0 Å². The lowest BCUT2D eigenvalue weighted by Gasteiger charge is -2.15. The molecule has 0 aliphatic heterocycles. The summed E-state index contributed by atoms with van der Waals surface area (Å²) in [6.07, 6.45) is 108. The van der Waals surface area contributed by atoms with Crippen molar-refractivity contribution >= 4 is 11.9 Å². The van der Waals surface area contributed by atoms with Crippen molar-refractivity contribution in [3.63, 3.8) is 0 Å². The summed E-state index contributed by atoms with van der Waals surface area (Å²) >= 11 is 0. The highest BCUT2D eigenvalue weighted by Crippen LogP contribution is 2.18. The van der Waals surface area contributed by atoms with Gasteiger partial charge in [-0.05, 0) is 109 Å². The number of unbranched alkanes of at least 4 members (excludes halogenated alkanes) is 38. The molecule has 482 valence electrons. The molecule has 1 unspecified atom stereocenters. The van der Waals surface area contributed by atoms with E-state index in [-0.39, 0.29) is 25.2 Å². The Balaban J connectivity index is 3.47. The average Bonchev–Trinajstić information content (AvgIpc) is 3.51. The molecule has 0 rings (SSSR count). The van der Waals surface area contributed by atoms with E-state index in [0.29, 0.717) is 12.8 Å². The summed E-state index contributed by atoms with van der Waals surface area (Å²) < 4.78 is 10.8. The van der Waals surface area contributed by atoms with Crippen LogP contribution in [0.25, 0.3) is 0 Å². The van der Waals surface area contributed by atoms with Crippen LogP contribution >= 0.6 is 0 Å². The first-order valence-corrected chi connectivity index (χ1v) is 36.1. The number of carbonyl (C=O) groups excluding carboxylic acids is 2. The third-order valence-electron chi connectivity index (χ3n) is 15.7. The van der Waals surface area contributed by atoms with E-state index in [1.165, 1.54) is 225 Å². The van der Waals surface area contributed by atoms with Crippen molar-refractivity contribution in [3.8, 4) is 0 Å². The van der Waals surface area contributed by atoms with Gasteiger partial charge in [0.25, 0.3) is 0 Å². The molecule has 84 heavy (non-hydrogen) atoms. The van der Waals surface area contributed by atoms with Crippen LogP contribution in [0.3, 0.4) is 0 Å². The Labute approximate surface area is 522 Å². The molecule has 1 N–H and O–H groups in total. The first-order valence-electron chi connectivity index (χ1n) is 36.1. The van der Waals surface area contributed by atoms with Gasteiger partial charge in [0.2, 0.25) is 0 Å². The zero-order valence-electron chi connectivity index (χ0n) is 55.4. The van der Waals surface area contributed by atoms with Gasteiger partial charge in [-0.1, -0.05) is 347 Å². The second kappa shape index (κ2) is 73.6. The molecule has 1 atom stereocenters. The lowest BCUT2D eigenvalue weighted by molar-refractivity contribution is -0.161. The van der Waals surface area contributed by atoms with Crippen molar-refractivity contribution in [2.24, 2.45) is 0 Å². The molecule has 0 spiro atoms. The van der Waals surface area contributed by atoms with Gasteiger partial charge in [0.1, 0.15) is 6.61 Å². The van der Waals surface area contributed by atoms with Crippen molar-refractivity contribution < 1.29 is 24.2 Å². The van der Waals surface area contributed by atoms with E-state index in [2.05, 4.69) is 135 Å². The summed E-state index contributed by atoms with van der Waals surface area (Å²) in [4.78, 5) is 24.7. The fourth-order valence-corrected chi connectivity index (χ4v) is 10.4. The van der Waals surface area contributed by atoms with Crippen LogP contribution < -0.4 is 0 Å². The number of esters is 2. The summed E-state index contributed by atoms with van der Waals surface area (Å²) in [5.41, 5.74) is 0. The zero-order valence-corrected chi connectivity index (χ0v) is 55.4. The highest BCUT2D eigenvalue weighted by Gasteiger charge is 2.16. The predicted molar refractivity (Wildman–Crippen MR) is 371 cm³/mol. The maximum Gasteiger partial charge on any atom is 0.306 e. The first kappa shape index (κ1) is 80.3. The van der Waals surface area contributed by atoms with E-state index in [1.54, 1.807) is 0 Å². The second-order valence-electron chi connectivity index (χ2n) is 23.9. The van der Waals surface area contributed by atoms with Crippen LogP contribution in [0.4, 0.5) is 0 Å². The van der Waals surface area contributed by atoms with Gasteiger partial charge >= 0.3 is 11.9 Å². The number of hydrogen-bond donors (Lipinski definition) is 1. The summed E-state index contributed by atoms with van der Waals surface area (Å²) in [6, 6.07) is 0. The highest BCUT2D eigenvalue weighted by atomic mass is 16.6. The van der Waals surface area contributed by atoms with Crippen LogP contribution in [0.1, 0.15) is 348 Å². The number of allylic oxidation sites excluding steroid dienone is 20. The third-order valence-corrected chi connectivity index (χ3v) is 15.7. The normalized spacial score (nSPS) is 12.9. The van der Waals surface area contributed by atoms with Crippen LogP contribution in [-0.4, -0.2) is 36.4 Å². The van der Waals surface area contributed by atoms with Crippen LogP contribution in [-0.2, 0) is 19.1 Å². The summed E-state index contributed by atoms with van der Waals surface area (Å²) in [7, 11) is 0. The summed E-state index contributed by atoms with van der Waals surface area (Å²) in [6.45, 7) is 4.05. The minimum atomic E-state index is -0.778. The van der Waals surface area contributed by atoms with Crippen molar-refractivity contribution in [3.05, 3.63) is 122 Å². The highest BCUT2D eigenvalue weighted by molar-refractivity contribution is 5.70. The van der Waals surface area contributed by atoms with Crippen LogP contribution in [0.2, 0.25) is 0 Å². The number of aliphatic hydroxyl groups is 1. The Morgan fingerprint density at radius 3 is 0.774 bits per heavy atom. The van der Waals surface area contributed by atoms with Gasteiger partial charge in [-0.3, -0.25) is 9.59 Å². The van der Waals surface area contributed by atoms with Gasteiger partial charge in [-0.25, -0.2) is 0 Å². The maximum atomic E-state index is 12.4. The number of carbonyl (C=O) groups is 2. The van der Waals surface area contributed by atoms with Gasteiger partial charge in [-0.15, -0.1) is 0 Å². The Bertz CT molecular complexity index is 1650. The number of aliphatic hydroxyl groups excluding tert-OH is 1. The summed E-state index contributed by atoms with van der Waals surface area (Å²) in [5.74, 6) is -0.579. The SMILES string of the molecule is CC/C=C\C/C=C\C/C=C\C/C=C\C/C=C\C/C=C\C/C=C\C/C=C\CCCCCCCCCCCCCCCCCCC(=O)OC(CO)COC(=O)CCCCCCCCCCCCCCCCCCC/C=C\C/C=C\CCCCCCC. The van der Waals surface area contributed by atoms with E-state index in [1.807, 2.05) is 0 Å². The molecule has 5 nitrogen and oxygen atoms in total. The molecule has 0 saturated carbocycles. The van der Waals surface area contributed by atoms with E-state index < -0.39 is 6.10 Å². The molecule has 0 aromatic heterocycles. The Morgan fingerprint density at radius 2 is 0.512 bits per heavy atom. The number of rotatable bonds is 66. The Hall–Kier alpha value is -3.70. The molecule has 0 saturated heterocycles. The van der Waals surface area contributed by atoms with Gasteiger partial charge in [0.15, 0.2) is 6.10 Å². The van der Waals surface area contributed by atoms with Crippen LogP contribution in [0.5, 0.6) is 0 Å². The molecule has 5 heteroatoms. The van der Waals surface area contributed by atoms with E-state index >= 15 is 0 Å². The van der Waals surface area contributed by atoms with Crippen molar-refractivity contribution in [2.75, 3.05) is 13.2 Å². The molecule has 0 heterocycles. The van der Waals surface area contributed by atoms with E-state index in [0.717, 1.165) is 96.3 Å². The van der Waals surface area contributed by atoms with Gasteiger partial charge in [-0.2, -0.15) is 0 Å². The van der Waals surface area contributed by atoms with Crippen LogP contribution in [0, 0.1) is 0 Å². The minimum Gasteiger partial charge on any atom is -0.462 e. The zero-order chi connectivity index (χ0) is 60.5. The molecule has 0 aromatic rings. The molecule has 0 bridgehead atoms. The van der Waals surface area contributed by atoms with Crippen molar-refractivity contribution in [1.29, 1.82) is 0 Å². The minimum absolute atomic E-state index is 0.0663. The van der Waals surface area contributed by atoms with Crippen LogP contribution in [0.15, 0.2) is 122 Å². The van der Waals surface area contributed by atoms with E-state index in [9.17, 15) is 14.7 Å². The summed E-state index contributed by atoms with van der Waals surface area (Å²) in [5, 5.41) is 9.71. The van der Waals surface area contributed by atoms with E-state index in [4.69, 9.17) is 9.47 Å². The average molecular weight is 1170 g/mol. The lowest BCUT2D eigenvalue weighted by atomic mass is 10.0. The Morgan fingerprint density at radius 1 is 0.286 bits per heavy atom. The molecular weight excluding hydrogens is 1030 g/mol. The van der Waals surface area contributed by atoms with Gasteiger partial charge in [0.05, 0.1) is 6.61 Å². The predicted octanol–water partition coefficient (Wildman–Crippen LogP) is 25.3. The monoisotopic (exact) mass is 1170 g/mol. The van der Waals surface area contributed by atoms with Gasteiger partial charge < -0.3 is 14.6 Å². The molecule has 0 aliphatic carbocycles. The molecule has 0 amide bonds.